The Labute approximate surface area is 115 Å². The van der Waals surface area contributed by atoms with Crippen molar-refractivity contribution in [2.24, 2.45) is 19.8 Å². The van der Waals surface area contributed by atoms with E-state index >= 15 is 0 Å². The van der Waals surface area contributed by atoms with E-state index in [1.54, 1.807) is 10.9 Å². The van der Waals surface area contributed by atoms with Gasteiger partial charge in [-0.25, -0.2) is 0 Å². The van der Waals surface area contributed by atoms with Crippen LogP contribution in [0.2, 0.25) is 5.02 Å². The van der Waals surface area contributed by atoms with E-state index in [2.05, 4.69) is 10.2 Å². The molecular formula is C13H14ClN5. The number of hydrogen-bond donors (Lipinski definition) is 1. The molecule has 0 radical (unpaired) electrons. The molecule has 2 N–H and O–H groups in total. The Kier molecular flexibility index (Phi) is 2.80. The predicted molar refractivity (Wildman–Crippen MR) is 75.0 cm³/mol. The minimum absolute atomic E-state index is 0.397. The molecule has 3 rings (SSSR count). The van der Waals surface area contributed by atoms with Gasteiger partial charge in [-0.05, 0) is 6.07 Å². The number of hydrogen-bond acceptors (Lipinski definition) is 3. The maximum Gasteiger partial charge on any atom is 0.0937 e. The minimum atomic E-state index is -0.397. The molecule has 1 aromatic carbocycles. The lowest BCUT2D eigenvalue weighted by atomic mass is 10.1. The SMILES string of the molecule is Cn1ncc(Cl)c1C(N)c1nn(C)c2ccccc12. The molecule has 6 heteroatoms. The number of halogens is 1. The Hall–Kier alpha value is -1.85. The predicted octanol–water partition coefficient (Wildman–Crippen LogP) is 2.01. The molecule has 0 aliphatic carbocycles. The summed E-state index contributed by atoms with van der Waals surface area (Å²) in [4.78, 5) is 0. The van der Waals surface area contributed by atoms with Gasteiger partial charge in [-0.1, -0.05) is 29.8 Å². The number of fused-ring (bicyclic) bond motifs is 1. The van der Waals surface area contributed by atoms with Crippen molar-refractivity contribution in [1.29, 1.82) is 0 Å². The molecule has 2 aromatic heterocycles. The second kappa shape index (κ2) is 4.36. The summed E-state index contributed by atoms with van der Waals surface area (Å²) in [5.41, 5.74) is 8.95. The van der Waals surface area contributed by atoms with Crippen molar-refractivity contribution in [3.8, 4) is 0 Å². The highest BCUT2D eigenvalue weighted by Crippen LogP contribution is 2.29. The first-order chi connectivity index (χ1) is 9.09. The summed E-state index contributed by atoms with van der Waals surface area (Å²) in [7, 11) is 3.73. The molecule has 0 spiro atoms. The van der Waals surface area contributed by atoms with E-state index in [-0.39, 0.29) is 0 Å². The summed E-state index contributed by atoms with van der Waals surface area (Å²) in [6.45, 7) is 0. The zero-order valence-electron chi connectivity index (χ0n) is 10.7. The average molecular weight is 276 g/mol. The Bertz CT molecular complexity index is 723. The number of benzene rings is 1. The zero-order chi connectivity index (χ0) is 13.6. The quantitative estimate of drug-likeness (QED) is 0.778. The van der Waals surface area contributed by atoms with Gasteiger partial charge in [0.05, 0.1) is 34.2 Å². The summed E-state index contributed by atoms with van der Waals surface area (Å²) >= 11 is 6.15. The van der Waals surface area contributed by atoms with Crippen LogP contribution in [0.25, 0.3) is 10.9 Å². The van der Waals surface area contributed by atoms with Crippen LogP contribution in [0.4, 0.5) is 0 Å². The molecule has 1 unspecified atom stereocenters. The third-order valence-corrected chi connectivity index (χ3v) is 3.60. The van der Waals surface area contributed by atoms with Crippen molar-refractivity contribution in [2.75, 3.05) is 0 Å². The first kappa shape index (κ1) is 12.2. The smallest absolute Gasteiger partial charge is 0.0937 e. The highest BCUT2D eigenvalue weighted by atomic mass is 35.5. The fourth-order valence-electron chi connectivity index (χ4n) is 2.37. The van der Waals surface area contributed by atoms with Crippen molar-refractivity contribution in [2.45, 2.75) is 6.04 Å². The first-order valence-electron chi connectivity index (χ1n) is 5.94. The number of nitrogens with two attached hydrogens (primary N) is 1. The third-order valence-electron chi connectivity index (χ3n) is 3.31. The molecule has 0 amide bonds. The lowest BCUT2D eigenvalue weighted by molar-refractivity contribution is 0.652. The van der Waals surface area contributed by atoms with Crippen LogP contribution in [-0.2, 0) is 14.1 Å². The van der Waals surface area contributed by atoms with Gasteiger partial charge in [-0.15, -0.1) is 0 Å². The number of para-hydroxylation sites is 1. The summed E-state index contributed by atoms with van der Waals surface area (Å²) in [5, 5.41) is 10.2. The monoisotopic (exact) mass is 275 g/mol. The lowest BCUT2D eigenvalue weighted by Gasteiger charge is -2.10. The van der Waals surface area contributed by atoms with Gasteiger partial charge in [-0.3, -0.25) is 9.36 Å². The molecule has 0 aliphatic heterocycles. The van der Waals surface area contributed by atoms with Gasteiger partial charge in [0.2, 0.25) is 0 Å². The highest BCUT2D eigenvalue weighted by Gasteiger charge is 2.22. The molecule has 0 saturated carbocycles. The third kappa shape index (κ3) is 1.82. The lowest BCUT2D eigenvalue weighted by Crippen LogP contribution is -2.17. The maximum atomic E-state index is 6.32. The Morgan fingerprint density at radius 3 is 2.63 bits per heavy atom. The molecular weight excluding hydrogens is 262 g/mol. The van der Waals surface area contributed by atoms with Gasteiger partial charge in [0.15, 0.2) is 0 Å². The van der Waals surface area contributed by atoms with Gasteiger partial charge in [0.1, 0.15) is 0 Å². The van der Waals surface area contributed by atoms with Gasteiger partial charge < -0.3 is 5.73 Å². The van der Waals surface area contributed by atoms with E-state index in [1.807, 2.05) is 43.0 Å². The van der Waals surface area contributed by atoms with Crippen molar-refractivity contribution in [1.82, 2.24) is 19.6 Å². The van der Waals surface area contributed by atoms with Crippen molar-refractivity contribution < 1.29 is 0 Å². The van der Waals surface area contributed by atoms with Gasteiger partial charge in [-0.2, -0.15) is 10.2 Å². The van der Waals surface area contributed by atoms with Crippen molar-refractivity contribution >= 4 is 22.5 Å². The Balaban J connectivity index is 2.20. The van der Waals surface area contributed by atoms with Gasteiger partial charge in [0, 0.05) is 19.5 Å². The highest BCUT2D eigenvalue weighted by molar-refractivity contribution is 6.31. The number of aryl methyl sites for hydroxylation is 2. The normalized spacial score (nSPS) is 13.1. The molecule has 0 fully saturated rings. The first-order valence-corrected chi connectivity index (χ1v) is 6.32. The number of aromatic nitrogens is 4. The molecule has 5 nitrogen and oxygen atoms in total. The van der Waals surface area contributed by atoms with Crippen LogP contribution in [0.1, 0.15) is 17.4 Å². The van der Waals surface area contributed by atoms with Crippen LogP contribution in [0.5, 0.6) is 0 Å². The maximum absolute atomic E-state index is 6.32. The van der Waals surface area contributed by atoms with Crippen LogP contribution in [0, 0.1) is 0 Å². The van der Waals surface area contributed by atoms with E-state index in [0.29, 0.717) is 5.02 Å². The number of rotatable bonds is 2. The second-order valence-electron chi connectivity index (χ2n) is 4.51. The van der Waals surface area contributed by atoms with Crippen LogP contribution < -0.4 is 5.73 Å². The van der Waals surface area contributed by atoms with Crippen LogP contribution in [-0.4, -0.2) is 19.6 Å². The molecule has 2 heterocycles. The molecule has 0 saturated heterocycles. The van der Waals surface area contributed by atoms with E-state index < -0.39 is 6.04 Å². The zero-order valence-corrected chi connectivity index (χ0v) is 11.5. The largest absolute Gasteiger partial charge is 0.318 e. The summed E-state index contributed by atoms with van der Waals surface area (Å²) in [6.07, 6.45) is 1.60. The molecule has 0 bridgehead atoms. The molecule has 19 heavy (non-hydrogen) atoms. The Morgan fingerprint density at radius 2 is 1.95 bits per heavy atom. The van der Waals surface area contributed by atoms with Gasteiger partial charge >= 0.3 is 0 Å². The Morgan fingerprint density at radius 1 is 1.21 bits per heavy atom. The van der Waals surface area contributed by atoms with E-state index in [9.17, 15) is 0 Å². The average Bonchev–Trinajstić information content (AvgIpc) is 2.91. The number of nitrogens with zero attached hydrogens (tertiary/aromatic N) is 4. The standard InChI is InChI=1S/C13H14ClN5/c1-18-10-6-4-3-5-8(10)12(17-18)11(15)13-9(14)7-16-19(13)2/h3-7,11H,15H2,1-2H3. The molecule has 3 aromatic rings. The fourth-order valence-corrected chi connectivity index (χ4v) is 2.65. The topological polar surface area (TPSA) is 61.7 Å². The van der Waals surface area contributed by atoms with Crippen molar-refractivity contribution in [3.05, 3.63) is 46.9 Å². The van der Waals surface area contributed by atoms with E-state index in [1.165, 1.54) is 0 Å². The van der Waals surface area contributed by atoms with Crippen LogP contribution in [0.3, 0.4) is 0 Å². The van der Waals surface area contributed by atoms with E-state index in [4.69, 9.17) is 17.3 Å². The van der Waals surface area contributed by atoms with Crippen molar-refractivity contribution in [3.63, 3.8) is 0 Å². The summed E-state index contributed by atoms with van der Waals surface area (Å²) in [6, 6.07) is 7.60. The molecule has 0 aliphatic rings. The van der Waals surface area contributed by atoms with E-state index in [0.717, 1.165) is 22.3 Å². The summed E-state index contributed by atoms with van der Waals surface area (Å²) in [5.74, 6) is 0. The van der Waals surface area contributed by atoms with Crippen LogP contribution >= 0.6 is 11.6 Å². The molecule has 98 valence electrons. The fraction of sp³-hybridized carbons (Fsp3) is 0.231. The second-order valence-corrected chi connectivity index (χ2v) is 4.91. The summed E-state index contributed by atoms with van der Waals surface area (Å²) < 4.78 is 3.52. The minimum Gasteiger partial charge on any atom is -0.318 e. The van der Waals surface area contributed by atoms with Gasteiger partial charge in [0.25, 0.3) is 0 Å². The van der Waals surface area contributed by atoms with Crippen LogP contribution in [0.15, 0.2) is 30.5 Å². The molecule has 1 atom stereocenters.